The number of fused-ring (bicyclic) bond motifs is 1. The zero-order chi connectivity index (χ0) is 15.0. The van der Waals surface area contributed by atoms with Crippen LogP contribution in [0.1, 0.15) is 59.3 Å². The first-order valence-electron chi connectivity index (χ1n) is 7.71. The molecular weight excluding hydrogens is 296 g/mol. The lowest BCUT2D eigenvalue weighted by atomic mass is 9.93. The maximum Gasteiger partial charge on any atom is 0.0947 e. The van der Waals surface area contributed by atoms with E-state index in [9.17, 15) is 0 Å². The van der Waals surface area contributed by atoms with Gasteiger partial charge in [-0.25, -0.2) is 4.98 Å². The lowest BCUT2D eigenvalue weighted by Crippen LogP contribution is -2.18. The van der Waals surface area contributed by atoms with Crippen molar-refractivity contribution in [1.29, 1.82) is 0 Å². The normalized spacial score (nSPS) is 16.2. The standard InChI is InChI=1S/C17H24N2S2/c1-17(2,3)15-10-20-16(19-15)9-12(18-4)14-8-11-6-5-7-13(11)21-14/h8,10,12,18H,5-7,9H2,1-4H3. The van der Waals surface area contributed by atoms with E-state index in [-0.39, 0.29) is 5.41 Å². The van der Waals surface area contributed by atoms with Crippen LogP contribution < -0.4 is 5.32 Å². The number of nitrogens with zero attached hydrogens (tertiary/aromatic N) is 1. The minimum Gasteiger partial charge on any atom is -0.312 e. The number of thiazole rings is 1. The Bertz CT molecular complexity index is 598. The molecule has 114 valence electrons. The van der Waals surface area contributed by atoms with Gasteiger partial charge >= 0.3 is 0 Å². The Balaban J connectivity index is 1.76. The third kappa shape index (κ3) is 3.22. The van der Waals surface area contributed by atoms with Gasteiger partial charge in [-0.2, -0.15) is 0 Å². The minimum absolute atomic E-state index is 0.147. The highest BCUT2D eigenvalue weighted by Gasteiger charge is 2.22. The van der Waals surface area contributed by atoms with Crippen LogP contribution in [0.5, 0.6) is 0 Å². The first-order chi connectivity index (χ1) is 9.97. The number of thiophene rings is 1. The Hall–Kier alpha value is -0.710. The molecule has 0 aliphatic heterocycles. The zero-order valence-corrected chi connectivity index (χ0v) is 15.0. The van der Waals surface area contributed by atoms with E-state index in [1.807, 2.05) is 11.3 Å². The molecule has 1 aliphatic rings. The molecule has 0 aromatic carbocycles. The minimum atomic E-state index is 0.147. The van der Waals surface area contributed by atoms with Crippen LogP contribution in [-0.4, -0.2) is 12.0 Å². The van der Waals surface area contributed by atoms with E-state index in [1.165, 1.54) is 34.8 Å². The van der Waals surface area contributed by atoms with Crippen molar-refractivity contribution in [3.8, 4) is 0 Å². The first-order valence-corrected chi connectivity index (χ1v) is 9.40. The molecule has 0 amide bonds. The van der Waals surface area contributed by atoms with Crippen molar-refractivity contribution in [3.05, 3.63) is 37.5 Å². The van der Waals surface area contributed by atoms with Gasteiger partial charge in [-0.1, -0.05) is 20.8 Å². The molecule has 3 rings (SSSR count). The molecule has 2 aromatic rings. The van der Waals surface area contributed by atoms with Gasteiger partial charge in [0.2, 0.25) is 0 Å². The summed E-state index contributed by atoms with van der Waals surface area (Å²) in [6.07, 6.45) is 4.89. The van der Waals surface area contributed by atoms with Crippen molar-refractivity contribution in [2.24, 2.45) is 0 Å². The van der Waals surface area contributed by atoms with Crippen molar-refractivity contribution < 1.29 is 0 Å². The molecule has 0 radical (unpaired) electrons. The predicted octanol–water partition coefficient (Wildman–Crippen LogP) is 4.49. The van der Waals surface area contributed by atoms with Crippen LogP contribution in [0.25, 0.3) is 0 Å². The van der Waals surface area contributed by atoms with E-state index < -0.39 is 0 Å². The molecule has 1 N–H and O–H groups in total. The third-order valence-corrected chi connectivity index (χ3v) is 6.38. The summed E-state index contributed by atoms with van der Waals surface area (Å²) in [7, 11) is 2.06. The molecule has 21 heavy (non-hydrogen) atoms. The van der Waals surface area contributed by atoms with Gasteiger partial charge in [-0.3, -0.25) is 0 Å². The molecule has 2 nitrogen and oxygen atoms in total. The number of hydrogen-bond acceptors (Lipinski definition) is 4. The van der Waals surface area contributed by atoms with E-state index >= 15 is 0 Å². The van der Waals surface area contributed by atoms with Crippen LogP contribution in [-0.2, 0) is 24.7 Å². The van der Waals surface area contributed by atoms with Crippen LogP contribution in [0, 0.1) is 0 Å². The summed E-state index contributed by atoms with van der Waals surface area (Å²) >= 11 is 3.80. The Morgan fingerprint density at radius 1 is 1.33 bits per heavy atom. The molecule has 0 bridgehead atoms. The summed E-state index contributed by atoms with van der Waals surface area (Å²) in [4.78, 5) is 7.93. The summed E-state index contributed by atoms with van der Waals surface area (Å²) in [5.41, 5.74) is 2.95. The fraction of sp³-hybridized carbons (Fsp3) is 0.588. The maximum absolute atomic E-state index is 4.84. The van der Waals surface area contributed by atoms with Gasteiger partial charge in [0.15, 0.2) is 0 Å². The van der Waals surface area contributed by atoms with Gasteiger partial charge in [0.25, 0.3) is 0 Å². The van der Waals surface area contributed by atoms with E-state index in [0.29, 0.717) is 6.04 Å². The van der Waals surface area contributed by atoms with Gasteiger partial charge in [0.1, 0.15) is 0 Å². The van der Waals surface area contributed by atoms with Gasteiger partial charge in [-0.05, 0) is 37.9 Å². The van der Waals surface area contributed by atoms with Gasteiger partial charge < -0.3 is 5.32 Å². The molecule has 4 heteroatoms. The Morgan fingerprint density at radius 2 is 2.14 bits per heavy atom. The second kappa shape index (κ2) is 5.82. The largest absolute Gasteiger partial charge is 0.312 e. The maximum atomic E-state index is 4.84. The van der Waals surface area contributed by atoms with Crippen molar-refractivity contribution in [2.45, 2.75) is 57.9 Å². The fourth-order valence-electron chi connectivity index (χ4n) is 2.79. The predicted molar refractivity (Wildman–Crippen MR) is 92.7 cm³/mol. The molecule has 0 fully saturated rings. The number of likely N-dealkylation sites (N-methyl/N-ethyl adjacent to an activating group) is 1. The van der Waals surface area contributed by atoms with Crippen molar-refractivity contribution in [3.63, 3.8) is 0 Å². The molecule has 2 aromatic heterocycles. The molecular formula is C17H24N2S2. The fourth-order valence-corrected chi connectivity index (χ4v) is 5.23. The molecule has 1 unspecified atom stereocenters. The number of aryl methyl sites for hydroxylation is 2. The zero-order valence-electron chi connectivity index (χ0n) is 13.3. The number of rotatable bonds is 4. The van der Waals surface area contributed by atoms with Gasteiger partial charge in [0.05, 0.1) is 10.7 Å². The Labute approximate surface area is 135 Å². The average Bonchev–Trinajstić information content (AvgIpc) is 3.09. The van der Waals surface area contributed by atoms with Gasteiger partial charge in [-0.15, -0.1) is 22.7 Å². The van der Waals surface area contributed by atoms with E-state index in [1.54, 1.807) is 21.8 Å². The molecule has 0 saturated carbocycles. The topological polar surface area (TPSA) is 24.9 Å². The highest BCUT2D eigenvalue weighted by Crippen LogP contribution is 2.35. The average molecular weight is 321 g/mol. The summed E-state index contributed by atoms with van der Waals surface area (Å²) in [6.45, 7) is 6.68. The van der Waals surface area contributed by atoms with E-state index in [4.69, 9.17) is 4.98 Å². The SMILES string of the molecule is CNC(Cc1nc(C(C)(C)C)cs1)c1cc2c(s1)CCC2. The summed E-state index contributed by atoms with van der Waals surface area (Å²) in [5.74, 6) is 0. The number of nitrogens with one attached hydrogen (secondary N) is 1. The van der Waals surface area contributed by atoms with Crippen molar-refractivity contribution in [2.75, 3.05) is 7.05 Å². The van der Waals surface area contributed by atoms with E-state index in [0.717, 1.165) is 6.42 Å². The van der Waals surface area contributed by atoms with Crippen LogP contribution in [0.3, 0.4) is 0 Å². The molecule has 1 aliphatic carbocycles. The highest BCUT2D eigenvalue weighted by molar-refractivity contribution is 7.12. The van der Waals surface area contributed by atoms with Crippen molar-refractivity contribution in [1.82, 2.24) is 10.3 Å². The number of hydrogen-bond donors (Lipinski definition) is 1. The quantitative estimate of drug-likeness (QED) is 0.897. The smallest absolute Gasteiger partial charge is 0.0947 e. The second-order valence-corrected chi connectivity index (χ2v) is 8.98. The summed E-state index contributed by atoms with van der Waals surface area (Å²) in [5, 5.41) is 6.94. The third-order valence-electron chi connectivity index (χ3n) is 4.16. The highest BCUT2D eigenvalue weighted by atomic mass is 32.1. The Kier molecular flexibility index (Phi) is 4.21. The van der Waals surface area contributed by atoms with Gasteiger partial charge in [0, 0.05) is 33.0 Å². The first kappa shape index (κ1) is 15.2. The molecule has 0 spiro atoms. The van der Waals surface area contributed by atoms with Crippen LogP contribution in [0.15, 0.2) is 11.4 Å². The number of aromatic nitrogens is 1. The summed E-state index contributed by atoms with van der Waals surface area (Å²) < 4.78 is 0. The molecule has 1 atom stereocenters. The van der Waals surface area contributed by atoms with Crippen LogP contribution >= 0.6 is 22.7 Å². The lowest BCUT2D eigenvalue weighted by Gasteiger charge is -2.15. The summed E-state index contributed by atoms with van der Waals surface area (Å²) in [6, 6.07) is 2.83. The van der Waals surface area contributed by atoms with Crippen LogP contribution in [0.4, 0.5) is 0 Å². The van der Waals surface area contributed by atoms with Crippen molar-refractivity contribution >= 4 is 22.7 Å². The second-order valence-electron chi connectivity index (χ2n) is 6.87. The van der Waals surface area contributed by atoms with Crippen LogP contribution in [0.2, 0.25) is 0 Å². The lowest BCUT2D eigenvalue weighted by molar-refractivity contribution is 0.562. The Morgan fingerprint density at radius 3 is 2.76 bits per heavy atom. The molecule has 0 saturated heterocycles. The monoisotopic (exact) mass is 320 g/mol. The van der Waals surface area contributed by atoms with E-state index in [2.05, 4.69) is 44.6 Å². The molecule has 2 heterocycles.